The molecule has 0 bridgehead atoms. The van der Waals surface area contributed by atoms with Crippen molar-refractivity contribution in [1.82, 2.24) is 4.31 Å². The predicted molar refractivity (Wildman–Crippen MR) is 72.5 cm³/mol. The lowest BCUT2D eigenvalue weighted by atomic mass is 9.85. The minimum atomic E-state index is -3.99. The Morgan fingerprint density at radius 1 is 1.25 bits per heavy atom. The first-order valence-corrected chi connectivity index (χ1v) is 7.82. The summed E-state index contributed by atoms with van der Waals surface area (Å²) in [6.45, 7) is 4.57. The normalized spacial score (nSPS) is 20.0. The molecule has 7 heteroatoms. The maximum atomic E-state index is 13.8. The Morgan fingerprint density at radius 2 is 1.90 bits per heavy atom. The molecule has 0 radical (unpaired) electrons. The fourth-order valence-corrected chi connectivity index (χ4v) is 4.20. The molecular formula is C13H18F2N2O2S. The van der Waals surface area contributed by atoms with E-state index < -0.39 is 26.6 Å². The van der Waals surface area contributed by atoms with Gasteiger partial charge in [-0.2, -0.15) is 4.31 Å². The molecule has 1 saturated heterocycles. The van der Waals surface area contributed by atoms with Crippen LogP contribution < -0.4 is 5.73 Å². The molecule has 1 aromatic carbocycles. The number of piperidine rings is 1. The molecule has 0 saturated carbocycles. The van der Waals surface area contributed by atoms with Crippen LogP contribution in [-0.4, -0.2) is 25.8 Å². The molecule has 0 aliphatic carbocycles. The molecule has 0 aromatic heterocycles. The second kappa shape index (κ2) is 4.96. The van der Waals surface area contributed by atoms with Gasteiger partial charge in [-0.05, 0) is 24.3 Å². The molecule has 1 heterocycles. The highest BCUT2D eigenvalue weighted by molar-refractivity contribution is 7.89. The van der Waals surface area contributed by atoms with Crippen molar-refractivity contribution >= 4 is 15.7 Å². The van der Waals surface area contributed by atoms with E-state index in [1.165, 1.54) is 4.31 Å². The summed E-state index contributed by atoms with van der Waals surface area (Å²) in [5.74, 6) is -2.07. The predicted octanol–water partition coefficient (Wildman–Crippen LogP) is 2.36. The highest BCUT2D eigenvalue weighted by Crippen LogP contribution is 2.33. The molecule has 1 aromatic rings. The van der Waals surface area contributed by atoms with Crippen molar-refractivity contribution in [3.63, 3.8) is 0 Å². The zero-order chi connectivity index (χ0) is 15.1. The van der Waals surface area contributed by atoms with Gasteiger partial charge in [0.1, 0.15) is 16.5 Å². The summed E-state index contributed by atoms with van der Waals surface area (Å²) in [6.07, 6.45) is 1.62. The monoisotopic (exact) mass is 304 g/mol. The van der Waals surface area contributed by atoms with Gasteiger partial charge in [0.2, 0.25) is 10.0 Å². The van der Waals surface area contributed by atoms with Crippen molar-refractivity contribution in [2.75, 3.05) is 18.8 Å². The number of benzene rings is 1. The van der Waals surface area contributed by atoms with Gasteiger partial charge in [-0.25, -0.2) is 17.2 Å². The van der Waals surface area contributed by atoms with Crippen LogP contribution in [0.4, 0.5) is 14.5 Å². The van der Waals surface area contributed by atoms with Crippen molar-refractivity contribution < 1.29 is 17.2 Å². The van der Waals surface area contributed by atoms with E-state index in [4.69, 9.17) is 5.73 Å². The van der Waals surface area contributed by atoms with E-state index in [9.17, 15) is 17.2 Å². The van der Waals surface area contributed by atoms with E-state index in [-0.39, 0.29) is 11.1 Å². The van der Waals surface area contributed by atoms with Crippen molar-refractivity contribution in [1.29, 1.82) is 0 Å². The third kappa shape index (κ3) is 2.78. The second-order valence-electron chi connectivity index (χ2n) is 5.91. The average Bonchev–Trinajstić information content (AvgIpc) is 2.32. The minimum Gasteiger partial charge on any atom is -0.396 e. The van der Waals surface area contributed by atoms with Crippen molar-refractivity contribution in [3.8, 4) is 0 Å². The number of sulfonamides is 1. The second-order valence-corrected chi connectivity index (χ2v) is 7.82. The van der Waals surface area contributed by atoms with Gasteiger partial charge in [-0.3, -0.25) is 0 Å². The Hall–Kier alpha value is -1.21. The minimum absolute atomic E-state index is 0.159. The van der Waals surface area contributed by atoms with Gasteiger partial charge in [-0.15, -0.1) is 0 Å². The summed E-state index contributed by atoms with van der Waals surface area (Å²) < 4.78 is 53.1. The average molecular weight is 304 g/mol. The van der Waals surface area contributed by atoms with Crippen LogP contribution in [-0.2, 0) is 10.0 Å². The van der Waals surface area contributed by atoms with E-state index in [0.717, 1.165) is 12.5 Å². The number of halogens is 2. The number of hydrogen-bond donors (Lipinski definition) is 1. The Balaban J connectivity index is 2.43. The molecular weight excluding hydrogens is 286 g/mol. The topological polar surface area (TPSA) is 63.4 Å². The van der Waals surface area contributed by atoms with E-state index in [2.05, 4.69) is 0 Å². The Bertz CT molecular complexity index is 630. The van der Waals surface area contributed by atoms with Gasteiger partial charge >= 0.3 is 0 Å². The number of anilines is 1. The molecule has 0 unspecified atom stereocenters. The number of rotatable bonds is 2. The molecule has 20 heavy (non-hydrogen) atoms. The molecule has 0 spiro atoms. The Morgan fingerprint density at radius 3 is 2.50 bits per heavy atom. The number of nitrogens with zero attached hydrogens (tertiary/aromatic N) is 1. The van der Waals surface area contributed by atoms with Crippen LogP contribution in [0.1, 0.15) is 26.7 Å². The van der Waals surface area contributed by atoms with Gasteiger partial charge in [-0.1, -0.05) is 13.8 Å². The first-order valence-electron chi connectivity index (χ1n) is 6.38. The smallest absolute Gasteiger partial charge is 0.246 e. The summed E-state index contributed by atoms with van der Waals surface area (Å²) in [5.41, 5.74) is 4.81. The lowest BCUT2D eigenvalue weighted by Crippen LogP contribution is -2.43. The number of hydrogen-bond acceptors (Lipinski definition) is 3. The highest BCUT2D eigenvalue weighted by Gasteiger charge is 2.35. The van der Waals surface area contributed by atoms with Gasteiger partial charge in [0.25, 0.3) is 0 Å². The fraction of sp³-hybridized carbons (Fsp3) is 0.538. The lowest BCUT2D eigenvalue weighted by Gasteiger charge is -2.37. The van der Waals surface area contributed by atoms with Crippen LogP contribution in [0, 0.1) is 17.0 Å². The van der Waals surface area contributed by atoms with Crippen LogP contribution in [0.5, 0.6) is 0 Å². The summed E-state index contributed by atoms with van der Waals surface area (Å²) >= 11 is 0. The third-order valence-electron chi connectivity index (χ3n) is 3.53. The molecule has 1 aliphatic rings. The number of nitrogen functional groups attached to an aromatic ring is 1. The maximum absolute atomic E-state index is 13.8. The van der Waals surface area contributed by atoms with Gasteiger partial charge in [0.15, 0.2) is 0 Å². The molecule has 2 rings (SSSR count). The third-order valence-corrected chi connectivity index (χ3v) is 5.39. The zero-order valence-electron chi connectivity index (χ0n) is 11.5. The summed E-state index contributed by atoms with van der Waals surface area (Å²) in [6, 6.07) is 1.36. The molecule has 1 fully saturated rings. The molecule has 0 amide bonds. The largest absolute Gasteiger partial charge is 0.396 e. The van der Waals surface area contributed by atoms with Crippen LogP contribution in [0.25, 0.3) is 0 Å². The van der Waals surface area contributed by atoms with E-state index in [1.807, 2.05) is 13.8 Å². The molecule has 2 N–H and O–H groups in total. The molecule has 0 atom stereocenters. The van der Waals surface area contributed by atoms with Crippen molar-refractivity contribution in [3.05, 3.63) is 23.8 Å². The van der Waals surface area contributed by atoms with Gasteiger partial charge < -0.3 is 5.73 Å². The molecule has 1 aliphatic heterocycles. The Kier molecular flexibility index (Phi) is 3.77. The summed E-state index contributed by atoms with van der Waals surface area (Å²) in [5, 5.41) is 0. The SMILES string of the molecule is CC1(C)CCCN(S(=O)(=O)c2cc(N)c(F)cc2F)C1. The highest BCUT2D eigenvalue weighted by atomic mass is 32.2. The van der Waals surface area contributed by atoms with Crippen LogP contribution >= 0.6 is 0 Å². The van der Waals surface area contributed by atoms with Gasteiger partial charge in [0.05, 0.1) is 5.69 Å². The standard InChI is InChI=1S/C13H18F2N2O2S/c1-13(2)4-3-5-17(8-13)20(18,19)12-7-11(16)9(14)6-10(12)15/h6-7H,3-5,8,16H2,1-2H3. The summed E-state index contributed by atoms with van der Waals surface area (Å²) in [4.78, 5) is -0.561. The van der Waals surface area contributed by atoms with Crippen LogP contribution in [0.15, 0.2) is 17.0 Å². The Labute approximate surface area is 117 Å². The zero-order valence-corrected chi connectivity index (χ0v) is 12.3. The van der Waals surface area contributed by atoms with E-state index in [0.29, 0.717) is 25.6 Å². The summed E-state index contributed by atoms with van der Waals surface area (Å²) in [7, 11) is -3.99. The molecule has 4 nitrogen and oxygen atoms in total. The van der Waals surface area contributed by atoms with E-state index >= 15 is 0 Å². The van der Waals surface area contributed by atoms with Crippen LogP contribution in [0.3, 0.4) is 0 Å². The van der Waals surface area contributed by atoms with E-state index in [1.54, 1.807) is 0 Å². The van der Waals surface area contributed by atoms with Gasteiger partial charge in [0, 0.05) is 19.2 Å². The first kappa shape index (κ1) is 15.2. The maximum Gasteiger partial charge on any atom is 0.246 e. The number of nitrogens with two attached hydrogens (primary N) is 1. The first-order chi connectivity index (χ1) is 9.13. The molecule has 112 valence electrons. The van der Waals surface area contributed by atoms with Crippen molar-refractivity contribution in [2.24, 2.45) is 5.41 Å². The quantitative estimate of drug-likeness (QED) is 0.853. The van der Waals surface area contributed by atoms with Crippen LogP contribution in [0.2, 0.25) is 0 Å². The lowest BCUT2D eigenvalue weighted by molar-refractivity contribution is 0.186. The van der Waals surface area contributed by atoms with Crippen molar-refractivity contribution in [2.45, 2.75) is 31.6 Å². The fourth-order valence-electron chi connectivity index (χ4n) is 2.46.